The van der Waals surface area contributed by atoms with E-state index < -0.39 is 0 Å². The second kappa shape index (κ2) is 6.58. The highest BCUT2D eigenvalue weighted by Crippen LogP contribution is 2.10. The lowest BCUT2D eigenvalue weighted by atomic mass is 10.3. The molecule has 19 heavy (non-hydrogen) atoms. The fourth-order valence-electron chi connectivity index (χ4n) is 1.57. The Bertz CT molecular complexity index is 509. The standard InChI is InChI=1S/C14H15FN2O2/c15-12-3-5-13(6-4-12)19-11-14(18)16-7-10-17-8-1-2-9-17/h1-6,8-9H,7,10-11H2,(H,16,18). The maximum Gasteiger partial charge on any atom is 0.258 e. The van der Waals surface area contributed by atoms with Crippen LogP contribution in [0.4, 0.5) is 4.39 Å². The number of hydrogen-bond acceptors (Lipinski definition) is 2. The Balaban J connectivity index is 1.65. The van der Waals surface area contributed by atoms with Crippen molar-refractivity contribution in [2.45, 2.75) is 6.54 Å². The van der Waals surface area contributed by atoms with E-state index in [1.54, 1.807) is 0 Å². The molecule has 0 saturated heterocycles. The van der Waals surface area contributed by atoms with Crippen molar-refractivity contribution < 1.29 is 13.9 Å². The Morgan fingerprint density at radius 1 is 1.21 bits per heavy atom. The summed E-state index contributed by atoms with van der Waals surface area (Å²) < 4.78 is 19.8. The molecular weight excluding hydrogens is 247 g/mol. The van der Waals surface area contributed by atoms with E-state index in [0.29, 0.717) is 12.3 Å². The van der Waals surface area contributed by atoms with Gasteiger partial charge in [-0.2, -0.15) is 0 Å². The Morgan fingerprint density at radius 3 is 2.58 bits per heavy atom. The highest BCUT2D eigenvalue weighted by atomic mass is 19.1. The lowest BCUT2D eigenvalue weighted by Crippen LogP contribution is -2.31. The van der Waals surface area contributed by atoms with Gasteiger partial charge in [-0.05, 0) is 36.4 Å². The molecule has 1 aromatic heterocycles. The van der Waals surface area contributed by atoms with Crippen LogP contribution in [-0.4, -0.2) is 23.6 Å². The average molecular weight is 262 g/mol. The Labute approximate surface area is 110 Å². The van der Waals surface area contributed by atoms with E-state index >= 15 is 0 Å². The smallest absolute Gasteiger partial charge is 0.258 e. The number of carbonyl (C=O) groups excluding carboxylic acids is 1. The summed E-state index contributed by atoms with van der Waals surface area (Å²) in [6.07, 6.45) is 3.86. The molecule has 5 heteroatoms. The molecule has 0 aliphatic heterocycles. The molecule has 0 bridgehead atoms. The fourth-order valence-corrected chi connectivity index (χ4v) is 1.57. The van der Waals surface area contributed by atoms with Crippen molar-refractivity contribution in [2.24, 2.45) is 0 Å². The van der Waals surface area contributed by atoms with E-state index in [4.69, 9.17) is 4.74 Å². The van der Waals surface area contributed by atoms with Gasteiger partial charge in [0.15, 0.2) is 6.61 Å². The molecule has 0 unspecified atom stereocenters. The number of halogens is 1. The van der Waals surface area contributed by atoms with Crippen LogP contribution in [0.25, 0.3) is 0 Å². The van der Waals surface area contributed by atoms with E-state index in [2.05, 4.69) is 5.32 Å². The second-order valence-electron chi connectivity index (χ2n) is 4.01. The van der Waals surface area contributed by atoms with Crippen LogP contribution in [0.1, 0.15) is 0 Å². The number of amides is 1. The quantitative estimate of drug-likeness (QED) is 0.863. The predicted octanol–water partition coefficient (Wildman–Crippen LogP) is 1.82. The first-order valence-electron chi connectivity index (χ1n) is 6.00. The van der Waals surface area contributed by atoms with Crippen molar-refractivity contribution in [1.82, 2.24) is 9.88 Å². The first-order valence-corrected chi connectivity index (χ1v) is 6.00. The molecule has 4 nitrogen and oxygen atoms in total. The van der Waals surface area contributed by atoms with Gasteiger partial charge in [0.05, 0.1) is 0 Å². The summed E-state index contributed by atoms with van der Waals surface area (Å²) in [5.41, 5.74) is 0. The maximum absolute atomic E-state index is 12.6. The predicted molar refractivity (Wildman–Crippen MR) is 69.3 cm³/mol. The third-order valence-electron chi connectivity index (χ3n) is 2.54. The van der Waals surface area contributed by atoms with E-state index in [9.17, 15) is 9.18 Å². The van der Waals surface area contributed by atoms with Gasteiger partial charge in [-0.3, -0.25) is 4.79 Å². The fraction of sp³-hybridized carbons (Fsp3) is 0.214. The number of carbonyl (C=O) groups is 1. The Kier molecular flexibility index (Phi) is 4.55. The Hall–Kier alpha value is -2.30. The molecule has 1 amide bonds. The molecule has 0 aliphatic rings. The minimum Gasteiger partial charge on any atom is -0.484 e. The first kappa shape index (κ1) is 13.1. The molecule has 100 valence electrons. The zero-order valence-corrected chi connectivity index (χ0v) is 10.4. The molecule has 1 aromatic carbocycles. The zero-order chi connectivity index (χ0) is 13.5. The molecule has 0 fully saturated rings. The van der Waals surface area contributed by atoms with Crippen LogP contribution < -0.4 is 10.1 Å². The summed E-state index contributed by atoms with van der Waals surface area (Å²) in [6.45, 7) is 1.19. The van der Waals surface area contributed by atoms with Gasteiger partial charge in [-0.1, -0.05) is 0 Å². The van der Waals surface area contributed by atoms with Gasteiger partial charge in [-0.15, -0.1) is 0 Å². The molecule has 0 saturated carbocycles. The highest BCUT2D eigenvalue weighted by Gasteiger charge is 2.02. The van der Waals surface area contributed by atoms with Crippen molar-refractivity contribution in [3.8, 4) is 5.75 Å². The van der Waals surface area contributed by atoms with Crippen LogP contribution in [0.15, 0.2) is 48.8 Å². The molecule has 0 radical (unpaired) electrons. The first-order chi connectivity index (χ1) is 9.24. The van der Waals surface area contributed by atoms with E-state index in [1.165, 1.54) is 24.3 Å². The summed E-state index contributed by atoms with van der Waals surface area (Å²) >= 11 is 0. The van der Waals surface area contributed by atoms with Crippen molar-refractivity contribution in [3.63, 3.8) is 0 Å². The van der Waals surface area contributed by atoms with Crippen molar-refractivity contribution in [2.75, 3.05) is 13.2 Å². The topological polar surface area (TPSA) is 43.3 Å². The van der Waals surface area contributed by atoms with E-state index in [1.807, 2.05) is 29.1 Å². The molecule has 0 atom stereocenters. The number of nitrogens with zero attached hydrogens (tertiary/aromatic N) is 1. The highest BCUT2D eigenvalue weighted by molar-refractivity contribution is 5.77. The molecular formula is C14H15FN2O2. The zero-order valence-electron chi connectivity index (χ0n) is 10.4. The van der Waals surface area contributed by atoms with Crippen LogP contribution in [0.5, 0.6) is 5.75 Å². The lowest BCUT2D eigenvalue weighted by molar-refractivity contribution is -0.123. The van der Waals surface area contributed by atoms with Crippen LogP contribution in [0, 0.1) is 5.82 Å². The summed E-state index contributed by atoms with van der Waals surface area (Å²) in [5.74, 6) is -0.0537. The number of benzene rings is 1. The molecule has 1 heterocycles. The molecule has 0 aliphatic carbocycles. The molecule has 2 aromatic rings. The normalized spacial score (nSPS) is 10.2. The summed E-state index contributed by atoms with van der Waals surface area (Å²) in [4.78, 5) is 11.5. The van der Waals surface area contributed by atoms with Gasteiger partial charge >= 0.3 is 0 Å². The van der Waals surface area contributed by atoms with E-state index in [-0.39, 0.29) is 18.3 Å². The van der Waals surface area contributed by atoms with Crippen LogP contribution in [0.3, 0.4) is 0 Å². The summed E-state index contributed by atoms with van der Waals surface area (Å²) in [7, 11) is 0. The lowest BCUT2D eigenvalue weighted by Gasteiger charge is -2.08. The van der Waals surface area contributed by atoms with Crippen LogP contribution in [-0.2, 0) is 11.3 Å². The average Bonchev–Trinajstić information content (AvgIpc) is 2.91. The van der Waals surface area contributed by atoms with Crippen molar-refractivity contribution >= 4 is 5.91 Å². The Morgan fingerprint density at radius 2 is 1.89 bits per heavy atom. The number of nitrogens with one attached hydrogen (secondary N) is 1. The minimum atomic E-state index is -0.330. The van der Waals surface area contributed by atoms with Gasteiger partial charge < -0.3 is 14.6 Å². The SMILES string of the molecule is O=C(COc1ccc(F)cc1)NCCn1cccc1. The van der Waals surface area contributed by atoms with Crippen molar-refractivity contribution in [1.29, 1.82) is 0 Å². The largest absolute Gasteiger partial charge is 0.484 e. The monoisotopic (exact) mass is 262 g/mol. The van der Waals surface area contributed by atoms with Gasteiger partial charge in [0.1, 0.15) is 11.6 Å². The molecule has 1 N–H and O–H groups in total. The third kappa shape index (κ3) is 4.46. The van der Waals surface area contributed by atoms with Crippen LogP contribution in [0.2, 0.25) is 0 Å². The molecule has 0 spiro atoms. The van der Waals surface area contributed by atoms with Gasteiger partial charge in [0.2, 0.25) is 0 Å². The summed E-state index contributed by atoms with van der Waals surface area (Å²) in [5, 5.41) is 2.74. The summed E-state index contributed by atoms with van der Waals surface area (Å²) in [6, 6.07) is 9.42. The van der Waals surface area contributed by atoms with E-state index in [0.717, 1.165) is 6.54 Å². The number of aromatic nitrogens is 1. The van der Waals surface area contributed by atoms with Gasteiger partial charge in [0.25, 0.3) is 5.91 Å². The van der Waals surface area contributed by atoms with Crippen molar-refractivity contribution in [3.05, 3.63) is 54.6 Å². The molecule has 2 rings (SSSR count). The number of ether oxygens (including phenoxy) is 1. The van der Waals surface area contributed by atoms with Gasteiger partial charge in [-0.25, -0.2) is 4.39 Å². The number of rotatable bonds is 6. The van der Waals surface area contributed by atoms with Gasteiger partial charge in [0, 0.05) is 25.5 Å². The van der Waals surface area contributed by atoms with Crippen LogP contribution >= 0.6 is 0 Å². The third-order valence-corrected chi connectivity index (χ3v) is 2.54. The second-order valence-corrected chi connectivity index (χ2v) is 4.01. The minimum absolute atomic E-state index is 0.0721. The number of hydrogen-bond donors (Lipinski definition) is 1. The maximum atomic E-state index is 12.6.